The molecule has 1 saturated heterocycles. The topological polar surface area (TPSA) is 32.7 Å². The van der Waals surface area contributed by atoms with Crippen molar-refractivity contribution >= 4 is 0 Å². The fourth-order valence-electron chi connectivity index (χ4n) is 2.33. The van der Waals surface area contributed by atoms with E-state index in [9.17, 15) is 5.11 Å². The molecule has 94 valence electrons. The van der Waals surface area contributed by atoms with Crippen LogP contribution >= 0.6 is 0 Å². The van der Waals surface area contributed by atoms with Crippen LogP contribution < -0.4 is 0 Å². The maximum atomic E-state index is 9.40. The highest BCUT2D eigenvalue weighted by Gasteiger charge is 2.38. The molecule has 3 nitrogen and oxygen atoms in total. The van der Waals surface area contributed by atoms with Gasteiger partial charge in [0.2, 0.25) is 0 Å². The van der Waals surface area contributed by atoms with Gasteiger partial charge in [-0.05, 0) is 25.1 Å². The summed E-state index contributed by atoms with van der Waals surface area (Å²) >= 11 is 0. The van der Waals surface area contributed by atoms with Crippen molar-refractivity contribution in [2.75, 3.05) is 33.4 Å². The molecule has 0 aliphatic carbocycles. The lowest BCUT2D eigenvalue weighted by atomic mass is 9.86. The number of hydrogen-bond acceptors (Lipinski definition) is 3. The first-order valence-electron chi connectivity index (χ1n) is 6.07. The second-order valence-electron chi connectivity index (χ2n) is 5.25. The minimum absolute atomic E-state index is 0.0303. The summed E-state index contributed by atoms with van der Waals surface area (Å²) < 4.78 is 5.22. The fraction of sp³-hybridized carbons (Fsp3) is 0.571. The van der Waals surface area contributed by atoms with Crippen LogP contribution in [-0.4, -0.2) is 43.4 Å². The first-order valence-corrected chi connectivity index (χ1v) is 6.07. The van der Waals surface area contributed by atoms with Crippen molar-refractivity contribution in [2.45, 2.75) is 13.5 Å². The summed E-state index contributed by atoms with van der Waals surface area (Å²) in [7, 11) is 2.10. The number of ether oxygens (including phenoxy) is 1. The van der Waals surface area contributed by atoms with Gasteiger partial charge in [0.15, 0.2) is 0 Å². The van der Waals surface area contributed by atoms with E-state index in [1.54, 1.807) is 0 Å². The zero-order chi connectivity index (χ0) is 12.3. The number of aliphatic hydroxyl groups is 1. The van der Waals surface area contributed by atoms with Crippen molar-refractivity contribution in [3.05, 3.63) is 35.4 Å². The van der Waals surface area contributed by atoms with Crippen LogP contribution in [0.15, 0.2) is 24.3 Å². The van der Waals surface area contributed by atoms with Crippen LogP contribution in [0.25, 0.3) is 0 Å². The predicted molar refractivity (Wildman–Crippen MR) is 67.9 cm³/mol. The molecule has 1 aliphatic rings. The molecule has 0 spiro atoms. The Morgan fingerprint density at radius 3 is 2.59 bits per heavy atom. The molecule has 1 aromatic carbocycles. The lowest BCUT2D eigenvalue weighted by Gasteiger charge is -2.42. The van der Waals surface area contributed by atoms with Gasteiger partial charge in [0.25, 0.3) is 0 Å². The average Bonchev–Trinajstić information content (AvgIpc) is 2.27. The summed E-state index contributed by atoms with van der Waals surface area (Å²) in [5, 5.41) is 9.40. The molecular formula is C14H21NO2. The third kappa shape index (κ3) is 2.86. The minimum Gasteiger partial charge on any atom is -0.396 e. The van der Waals surface area contributed by atoms with E-state index in [0.717, 1.165) is 13.1 Å². The number of benzene rings is 1. The summed E-state index contributed by atoms with van der Waals surface area (Å²) in [5.41, 5.74) is 2.64. The van der Waals surface area contributed by atoms with Gasteiger partial charge in [0.05, 0.1) is 25.2 Å². The number of hydrogen-bond donors (Lipinski definition) is 1. The molecule has 2 rings (SSSR count). The Kier molecular flexibility index (Phi) is 3.82. The quantitative estimate of drug-likeness (QED) is 0.838. The van der Waals surface area contributed by atoms with Gasteiger partial charge in [-0.3, -0.25) is 0 Å². The van der Waals surface area contributed by atoms with Gasteiger partial charge in [0.1, 0.15) is 0 Å². The number of aryl methyl sites for hydroxylation is 1. The Labute approximate surface area is 103 Å². The van der Waals surface area contributed by atoms with E-state index < -0.39 is 0 Å². The number of aliphatic hydroxyl groups excluding tert-OH is 1. The molecule has 0 saturated carbocycles. The van der Waals surface area contributed by atoms with Gasteiger partial charge >= 0.3 is 0 Å². The lowest BCUT2D eigenvalue weighted by molar-refractivity contribution is -0.147. The normalized spacial score (nSPS) is 18.1. The average molecular weight is 235 g/mol. The van der Waals surface area contributed by atoms with Gasteiger partial charge in [-0.15, -0.1) is 0 Å². The molecule has 0 radical (unpaired) electrons. The van der Waals surface area contributed by atoms with Gasteiger partial charge < -0.3 is 14.7 Å². The third-order valence-corrected chi connectivity index (χ3v) is 3.46. The van der Waals surface area contributed by atoms with E-state index in [1.807, 2.05) is 0 Å². The highest BCUT2D eigenvalue weighted by atomic mass is 16.5. The molecule has 0 aromatic heterocycles. The van der Waals surface area contributed by atoms with Crippen molar-refractivity contribution in [1.29, 1.82) is 0 Å². The zero-order valence-electron chi connectivity index (χ0n) is 10.6. The fourth-order valence-corrected chi connectivity index (χ4v) is 2.33. The Bertz CT molecular complexity index is 369. The van der Waals surface area contributed by atoms with Crippen molar-refractivity contribution in [1.82, 2.24) is 4.90 Å². The van der Waals surface area contributed by atoms with Crippen LogP contribution in [0.4, 0.5) is 0 Å². The van der Waals surface area contributed by atoms with Crippen molar-refractivity contribution < 1.29 is 9.84 Å². The molecule has 17 heavy (non-hydrogen) atoms. The number of nitrogens with zero attached hydrogens (tertiary/aromatic N) is 1. The first-order chi connectivity index (χ1) is 8.15. The standard InChI is InChI=1S/C14H21NO2/c1-12-5-3-4-6-13(12)7-15(2)8-14(9-16)10-17-11-14/h3-6,16H,7-11H2,1-2H3. The Morgan fingerprint density at radius 1 is 1.35 bits per heavy atom. The van der Waals surface area contributed by atoms with Gasteiger partial charge in [-0.2, -0.15) is 0 Å². The van der Waals surface area contributed by atoms with Crippen LogP contribution in [0, 0.1) is 12.3 Å². The predicted octanol–water partition coefficient (Wildman–Crippen LogP) is 1.44. The van der Waals surface area contributed by atoms with Gasteiger partial charge in [0, 0.05) is 13.1 Å². The monoisotopic (exact) mass is 235 g/mol. The van der Waals surface area contributed by atoms with Crippen LogP contribution in [0.5, 0.6) is 0 Å². The van der Waals surface area contributed by atoms with E-state index in [4.69, 9.17) is 4.74 Å². The Balaban J connectivity index is 1.93. The van der Waals surface area contributed by atoms with E-state index in [2.05, 4.69) is 43.1 Å². The minimum atomic E-state index is -0.0303. The van der Waals surface area contributed by atoms with E-state index in [-0.39, 0.29) is 12.0 Å². The molecule has 0 amide bonds. The largest absolute Gasteiger partial charge is 0.396 e. The Hall–Kier alpha value is -0.900. The molecule has 0 atom stereocenters. The summed E-state index contributed by atoms with van der Waals surface area (Å²) in [6, 6.07) is 8.43. The molecule has 3 heteroatoms. The van der Waals surface area contributed by atoms with Crippen LogP contribution in [0.2, 0.25) is 0 Å². The van der Waals surface area contributed by atoms with Crippen molar-refractivity contribution in [3.63, 3.8) is 0 Å². The number of rotatable bonds is 5. The second-order valence-corrected chi connectivity index (χ2v) is 5.25. The maximum Gasteiger partial charge on any atom is 0.0579 e. The van der Waals surface area contributed by atoms with Gasteiger partial charge in [-0.1, -0.05) is 24.3 Å². The summed E-state index contributed by atoms with van der Waals surface area (Å²) in [6.07, 6.45) is 0. The summed E-state index contributed by atoms with van der Waals surface area (Å²) in [4.78, 5) is 2.26. The summed E-state index contributed by atoms with van der Waals surface area (Å²) in [6.45, 7) is 5.53. The summed E-state index contributed by atoms with van der Waals surface area (Å²) in [5.74, 6) is 0. The molecular weight excluding hydrogens is 214 g/mol. The van der Waals surface area contributed by atoms with Crippen LogP contribution in [-0.2, 0) is 11.3 Å². The molecule has 0 bridgehead atoms. The van der Waals surface area contributed by atoms with E-state index >= 15 is 0 Å². The molecule has 1 fully saturated rings. The zero-order valence-corrected chi connectivity index (χ0v) is 10.6. The molecule has 0 unspecified atom stereocenters. The third-order valence-electron chi connectivity index (χ3n) is 3.46. The van der Waals surface area contributed by atoms with Crippen molar-refractivity contribution in [3.8, 4) is 0 Å². The molecule has 1 aromatic rings. The lowest BCUT2D eigenvalue weighted by Crippen LogP contribution is -2.52. The highest BCUT2D eigenvalue weighted by molar-refractivity contribution is 5.25. The molecule has 1 N–H and O–H groups in total. The smallest absolute Gasteiger partial charge is 0.0579 e. The van der Waals surface area contributed by atoms with Crippen molar-refractivity contribution in [2.24, 2.45) is 5.41 Å². The van der Waals surface area contributed by atoms with E-state index in [1.165, 1.54) is 11.1 Å². The Morgan fingerprint density at radius 2 is 2.06 bits per heavy atom. The highest BCUT2D eigenvalue weighted by Crippen LogP contribution is 2.28. The SMILES string of the molecule is Cc1ccccc1CN(C)CC1(CO)COC1. The second kappa shape index (κ2) is 5.17. The molecule has 1 heterocycles. The first kappa shape index (κ1) is 12.6. The van der Waals surface area contributed by atoms with E-state index in [0.29, 0.717) is 13.2 Å². The maximum absolute atomic E-state index is 9.40. The molecule has 1 aliphatic heterocycles. The van der Waals surface area contributed by atoms with Crippen LogP contribution in [0.1, 0.15) is 11.1 Å². The van der Waals surface area contributed by atoms with Gasteiger partial charge in [-0.25, -0.2) is 0 Å². The van der Waals surface area contributed by atoms with Crippen LogP contribution in [0.3, 0.4) is 0 Å².